The van der Waals surface area contributed by atoms with Crippen LogP contribution < -0.4 is 20.1 Å². The maximum atomic E-state index is 12.9. The Labute approximate surface area is 204 Å². The Kier molecular flexibility index (Phi) is 10.9. The molecule has 0 amide bonds. The number of nitrogens with one attached hydrogen (secondary N) is 2. The standard InChI is InChI=1S/C21H30F2N6O2.HI/c1-3-11-30-16-9-8-15(17(12-16)31-20(22)23)13-25-21(24-2)26-14-19-28-27-18-7-5-4-6-10-29(18)19;/h8-9,12,20H,3-7,10-11,13-14H2,1-2H3,(H2,24,25,26);1H. The summed E-state index contributed by atoms with van der Waals surface area (Å²) < 4.78 is 38.1. The zero-order chi connectivity index (χ0) is 22.1. The molecule has 1 aromatic carbocycles. The number of guanidine groups is 1. The summed E-state index contributed by atoms with van der Waals surface area (Å²) >= 11 is 0. The Morgan fingerprint density at radius 1 is 1.19 bits per heavy atom. The average molecular weight is 564 g/mol. The van der Waals surface area contributed by atoms with Gasteiger partial charge in [-0.15, -0.1) is 34.2 Å². The summed E-state index contributed by atoms with van der Waals surface area (Å²) in [4.78, 5) is 4.21. The van der Waals surface area contributed by atoms with Crippen molar-refractivity contribution < 1.29 is 18.3 Å². The maximum absolute atomic E-state index is 12.9. The molecule has 0 saturated heterocycles. The third-order valence-corrected chi connectivity index (χ3v) is 5.00. The number of benzene rings is 1. The molecule has 0 unspecified atom stereocenters. The Balaban J connectivity index is 0.00000363. The van der Waals surface area contributed by atoms with E-state index in [9.17, 15) is 8.78 Å². The van der Waals surface area contributed by atoms with Gasteiger partial charge in [0.1, 0.15) is 17.3 Å². The van der Waals surface area contributed by atoms with Gasteiger partial charge < -0.3 is 24.7 Å². The summed E-state index contributed by atoms with van der Waals surface area (Å²) in [5.41, 5.74) is 0.573. The number of aryl methyl sites for hydroxylation is 1. The minimum atomic E-state index is -2.92. The van der Waals surface area contributed by atoms with Crippen LogP contribution in [0.2, 0.25) is 0 Å². The molecule has 0 bridgehead atoms. The van der Waals surface area contributed by atoms with E-state index in [0.29, 0.717) is 30.4 Å². The molecule has 32 heavy (non-hydrogen) atoms. The summed E-state index contributed by atoms with van der Waals surface area (Å²) in [5.74, 6) is 2.99. The summed E-state index contributed by atoms with van der Waals surface area (Å²) in [7, 11) is 1.65. The molecule has 2 aromatic rings. The van der Waals surface area contributed by atoms with Crippen LogP contribution in [0.1, 0.15) is 49.8 Å². The van der Waals surface area contributed by atoms with Crippen molar-refractivity contribution in [1.29, 1.82) is 0 Å². The van der Waals surface area contributed by atoms with E-state index >= 15 is 0 Å². The first-order valence-corrected chi connectivity index (χ1v) is 10.7. The molecule has 1 aliphatic heterocycles. The minimum Gasteiger partial charge on any atom is -0.493 e. The van der Waals surface area contributed by atoms with E-state index in [1.807, 2.05) is 6.92 Å². The number of ether oxygens (including phenoxy) is 2. The Bertz CT molecular complexity index is 878. The summed E-state index contributed by atoms with van der Waals surface area (Å²) in [6.45, 7) is 1.22. The molecular weight excluding hydrogens is 533 g/mol. The topological polar surface area (TPSA) is 85.6 Å². The van der Waals surface area contributed by atoms with Gasteiger partial charge in [0.2, 0.25) is 0 Å². The first-order valence-electron chi connectivity index (χ1n) is 10.7. The number of aliphatic imine (C=N–C) groups is 1. The largest absolute Gasteiger partial charge is 0.493 e. The fourth-order valence-corrected chi connectivity index (χ4v) is 3.43. The van der Waals surface area contributed by atoms with Crippen molar-refractivity contribution in [3.63, 3.8) is 0 Å². The van der Waals surface area contributed by atoms with E-state index < -0.39 is 6.61 Å². The molecule has 2 N–H and O–H groups in total. The molecule has 2 heterocycles. The molecule has 11 heteroatoms. The lowest BCUT2D eigenvalue weighted by molar-refractivity contribution is -0.0505. The fourth-order valence-electron chi connectivity index (χ4n) is 3.43. The molecule has 178 valence electrons. The van der Waals surface area contributed by atoms with Crippen LogP contribution in [0.15, 0.2) is 23.2 Å². The molecule has 0 fully saturated rings. The van der Waals surface area contributed by atoms with Crippen molar-refractivity contribution in [3.8, 4) is 11.5 Å². The highest BCUT2D eigenvalue weighted by atomic mass is 127. The number of hydrogen-bond donors (Lipinski definition) is 2. The molecule has 0 atom stereocenters. The summed E-state index contributed by atoms with van der Waals surface area (Å²) in [5, 5.41) is 14.9. The lowest BCUT2D eigenvalue weighted by atomic mass is 10.2. The van der Waals surface area contributed by atoms with Gasteiger partial charge in [0.15, 0.2) is 11.8 Å². The normalized spacial score (nSPS) is 13.7. The van der Waals surface area contributed by atoms with Crippen LogP contribution in [0.4, 0.5) is 8.78 Å². The highest BCUT2D eigenvalue weighted by molar-refractivity contribution is 14.0. The molecular formula is C21H31F2IN6O2. The molecule has 0 aliphatic carbocycles. The van der Waals surface area contributed by atoms with E-state index in [1.165, 1.54) is 12.5 Å². The second-order valence-electron chi connectivity index (χ2n) is 7.27. The van der Waals surface area contributed by atoms with E-state index in [-0.39, 0.29) is 36.3 Å². The minimum absolute atomic E-state index is 0. The Morgan fingerprint density at radius 3 is 2.75 bits per heavy atom. The molecule has 1 aliphatic rings. The predicted octanol–water partition coefficient (Wildman–Crippen LogP) is 3.88. The number of halogens is 3. The van der Waals surface area contributed by atoms with Crippen LogP contribution in [0.5, 0.6) is 11.5 Å². The van der Waals surface area contributed by atoms with Gasteiger partial charge in [-0.25, -0.2) is 0 Å². The number of fused-ring (bicyclic) bond motifs is 1. The Hall–Kier alpha value is -2.18. The highest BCUT2D eigenvalue weighted by Crippen LogP contribution is 2.26. The fraction of sp³-hybridized carbons (Fsp3) is 0.571. The summed E-state index contributed by atoms with van der Waals surface area (Å²) in [6.07, 6.45) is 5.23. The first-order chi connectivity index (χ1) is 15.1. The van der Waals surface area contributed by atoms with Crippen LogP contribution in [0, 0.1) is 0 Å². The van der Waals surface area contributed by atoms with Crippen molar-refractivity contribution in [1.82, 2.24) is 25.4 Å². The number of hydrogen-bond acceptors (Lipinski definition) is 5. The Morgan fingerprint density at radius 2 is 2.00 bits per heavy atom. The van der Waals surface area contributed by atoms with Crippen LogP contribution >= 0.6 is 24.0 Å². The van der Waals surface area contributed by atoms with Crippen molar-refractivity contribution >= 4 is 29.9 Å². The van der Waals surface area contributed by atoms with Gasteiger partial charge >= 0.3 is 6.61 Å². The van der Waals surface area contributed by atoms with Gasteiger partial charge in [0.25, 0.3) is 0 Å². The van der Waals surface area contributed by atoms with Gasteiger partial charge in [-0.05, 0) is 31.4 Å². The second-order valence-corrected chi connectivity index (χ2v) is 7.27. The van der Waals surface area contributed by atoms with E-state index in [1.54, 1.807) is 19.2 Å². The van der Waals surface area contributed by atoms with Crippen molar-refractivity contribution in [2.24, 2.45) is 4.99 Å². The van der Waals surface area contributed by atoms with Crippen molar-refractivity contribution in [2.75, 3.05) is 13.7 Å². The smallest absolute Gasteiger partial charge is 0.387 e. The molecule has 1 aromatic heterocycles. The average Bonchev–Trinajstić information content (AvgIpc) is 2.99. The van der Waals surface area contributed by atoms with Gasteiger partial charge in [-0.1, -0.05) is 13.3 Å². The number of nitrogens with zero attached hydrogens (tertiary/aromatic N) is 4. The van der Waals surface area contributed by atoms with Gasteiger partial charge in [-0.2, -0.15) is 8.78 Å². The van der Waals surface area contributed by atoms with Gasteiger partial charge in [0.05, 0.1) is 13.2 Å². The van der Waals surface area contributed by atoms with E-state index in [2.05, 4.69) is 35.1 Å². The monoisotopic (exact) mass is 564 g/mol. The predicted molar refractivity (Wildman–Crippen MR) is 129 cm³/mol. The third kappa shape index (κ3) is 7.45. The summed E-state index contributed by atoms with van der Waals surface area (Å²) in [6, 6.07) is 4.94. The van der Waals surface area contributed by atoms with Gasteiger partial charge in [0, 0.05) is 38.2 Å². The molecule has 3 rings (SSSR count). The number of aromatic nitrogens is 3. The van der Waals surface area contributed by atoms with Crippen molar-refractivity contribution in [2.45, 2.75) is 65.3 Å². The zero-order valence-electron chi connectivity index (χ0n) is 18.4. The first kappa shape index (κ1) is 26.1. The van der Waals surface area contributed by atoms with Crippen LogP contribution in [0.3, 0.4) is 0 Å². The highest BCUT2D eigenvalue weighted by Gasteiger charge is 2.15. The van der Waals surface area contributed by atoms with Crippen LogP contribution in [-0.4, -0.2) is 41.0 Å². The molecule has 0 saturated carbocycles. The third-order valence-electron chi connectivity index (χ3n) is 5.00. The second kappa shape index (κ2) is 13.4. The van der Waals surface area contributed by atoms with Crippen LogP contribution in [0.25, 0.3) is 0 Å². The lowest BCUT2D eigenvalue weighted by Crippen LogP contribution is -2.37. The lowest BCUT2D eigenvalue weighted by Gasteiger charge is -2.16. The maximum Gasteiger partial charge on any atom is 0.387 e. The van der Waals surface area contributed by atoms with E-state index in [0.717, 1.165) is 43.9 Å². The van der Waals surface area contributed by atoms with Crippen LogP contribution in [-0.2, 0) is 26.1 Å². The number of rotatable bonds is 9. The molecule has 8 nitrogen and oxygen atoms in total. The SMILES string of the molecule is CCCOc1ccc(CNC(=NC)NCc2nnc3n2CCCCC3)c(OC(F)F)c1.I. The number of alkyl halides is 2. The van der Waals surface area contributed by atoms with Crippen molar-refractivity contribution in [3.05, 3.63) is 35.4 Å². The van der Waals surface area contributed by atoms with E-state index in [4.69, 9.17) is 4.74 Å². The molecule has 0 spiro atoms. The molecule has 0 radical (unpaired) electrons. The zero-order valence-corrected chi connectivity index (χ0v) is 20.8. The quantitative estimate of drug-likeness (QED) is 0.273. The van der Waals surface area contributed by atoms with Gasteiger partial charge in [-0.3, -0.25) is 4.99 Å².